The van der Waals surface area contributed by atoms with E-state index in [0.29, 0.717) is 29.7 Å². The highest BCUT2D eigenvalue weighted by Crippen LogP contribution is 2.18. The van der Waals surface area contributed by atoms with Gasteiger partial charge in [-0.1, -0.05) is 48.0 Å². The van der Waals surface area contributed by atoms with Crippen LogP contribution in [0, 0.1) is 6.92 Å². The van der Waals surface area contributed by atoms with Gasteiger partial charge in [0.05, 0.1) is 6.26 Å². The SMILES string of the molecule is Cc1ccc2[nH]c(=O)c(CC=C(CCc3ccccc3)C(=O)c3ccco3)cc2c1. The van der Waals surface area contributed by atoms with E-state index < -0.39 is 0 Å². The number of H-pyrrole nitrogens is 1. The highest BCUT2D eigenvalue weighted by atomic mass is 16.3. The number of aromatic nitrogens is 1. The van der Waals surface area contributed by atoms with E-state index in [2.05, 4.69) is 4.98 Å². The summed E-state index contributed by atoms with van der Waals surface area (Å²) in [7, 11) is 0. The second-order valence-corrected chi connectivity index (χ2v) is 7.44. The summed E-state index contributed by atoms with van der Waals surface area (Å²) in [5.41, 5.74) is 4.27. The van der Waals surface area contributed by atoms with Gasteiger partial charge in [-0.3, -0.25) is 9.59 Å². The number of Topliss-reactive ketones (excluding diaryl/α,β-unsaturated/α-hetero) is 1. The summed E-state index contributed by atoms with van der Waals surface area (Å²) in [6.07, 6.45) is 5.06. The number of benzene rings is 2. The van der Waals surface area contributed by atoms with Crippen molar-refractivity contribution in [1.29, 1.82) is 0 Å². The van der Waals surface area contributed by atoms with Gasteiger partial charge in [0, 0.05) is 16.7 Å². The Morgan fingerprint density at radius 1 is 1.03 bits per heavy atom. The lowest BCUT2D eigenvalue weighted by Gasteiger charge is -2.07. The second-order valence-electron chi connectivity index (χ2n) is 7.44. The molecule has 0 saturated heterocycles. The zero-order valence-electron chi connectivity index (χ0n) is 16.9. The van der Waals surface area contributed by atoms with Crippen molar-refractivity contribution in [1.82, 2.24) is 4.98 Å². The van der Waals surface area contributed by atoms with Gasteiger partial charge in [0.1, 0.15) is 0 Å². The molecule has 4 nitrogen and oxygen atoms in total. The van der Waals surface area contributed by atoms with Crippen molar-refractivity contribution in [3.8, 4) is 0 Å². The maximum atomic E-state index is 12.9. The molecular weight excluding hydrogens is 374 g/mol. The third-order valence-corrected chi connectivity index (χ3v) is 5.21. The first-order chi connectivity index (χ1) is 14.6. The van der Waals surface area contributed by atoms with Crippen LogP contribution >= 0.6 is 0 Å². The summed E-state index contributed by atoms with van der Waals surface area (Å²) in [6, 6.07) is 21.3. The number of furan rings is 1. The third-order valence-electron chi connectivity index (χ3n) is 5.21. The number of aromatic amines is 1. The molecule has 0 aliphatic heterocycles. The Balaban J connectivity index is 1.62. The number of fused-ring (bicyclic) bond motifs is 1. The molecule has 0 radical (unpaired) electrons. The number of pyridine rings is 1. The Hall–Kier alpha value is -3.66. The first-order valence-electron chi connectivity index (χ1n) is 10.0. The predicted molar refractivity (Wildman–Crippen MR) is 119 cm³/mol. The molecule has 4 heteroatoms. The lowest BCUT2D eigenvalue weighted by atomic mass is 9.98. The van der Waals surface area contributed by atoms with Crippen LogP contribution in [0.4, 0.5) is 0 Å². The van der Waals surface area contributed by atoms with Crippen LogP contribution in [0.15, 0.2) is 93.9 Å². The van der Waals surface area contributed by atoms with E-state index in [-0.39, 0.29) is 11.3 Å². The molecule has 1 N–H and O–H groups in total. The Morgan fingerprint density at radius 3 is 2.63 bits per heavy atom. The van der Waals surface area contributed by atoms with Gasteiger partial charge in [-0.2, -0.15) is 0 Å². The Kier molecular flexibility index (Phi) is 5.75. The van der Waals surface area contributed by atoms with Crippen molar-refractivity contribution in [3.63, 3.8) is 0 Å². The Labute approximate surface area is 174 Å². The molecule has 0 aliphatic carbocycles. The van der Waals surface area contributed by atoms with Crippen molar-refractivity contribution in [2.75, 3.05) is 0 Å². The van der Waals surface area contributed by atoms with Gasteiger partial charge in [0.15, 0.2) is 5.76 Å². The number of ketones is 1. The summed E-state index contributed by atoms with van der Waals surface area (Å²) < 4.78 is 5.32. The minimum Gasteiger partial charge on any atom is -0.461 e. The quantitative estimate of drug-likeness (QED) is 0.335. The highest BCUT2D eigenvalue weighted by Gasteiger charge is 2.15. The topological polar surface area (TPSA) is 63.1 Å². The molecule has 0 amide bonds. The fourth-order valence-corrected chi connectivity index (χ4v) is 3.55. The molecule has 4 rings (SSSR count). The number of nitrogens with one attached hydrogen (secondary N) is 1. The number of allylic oxidation sites excluding steroid dienone is 2. The van der Waals surface area contributed by atoms with Crippen molar-refractivity contribution >= 4 is 16.7 Å². The molecule has 0 aliphatic rings. The zero-order chi connectivity index (χ0) is 20.9. The first kappa shape index (κ1) is 19.6. The van der Waals surface area contributed by atoms with Crippen LogP contribution in [-0.2, 0) is 12.8 Å². The smallest absolute Gasteiger partial charge is 0.251 e. The minimum absolute atomic E-state index is 0.129. The molecule has 0 unspecified atom stereocenters. The monoisotopic (exact) mass is 397 g/mol. The summed E-state index contributed by atoms with van der Waals surface area (Å²) in [4.78, 5) is 28.4. The van der Waals surface area contributed by atoms with Gasteiger partial charge in [0.2, 0.25) is 5.78 Å². The van der Waals surface area contributed by atoms with E-state index in [1.807, 2.05) is 67.6 Å². The number of hydrogen-bond acceptors (Lipinski definition) is 3. The highest BCUT2D eigenvalue weighted by molar-refractivity contribution is 6.06. The Bertz CT molecular complexity index is 1250. The first-order valence-corrected chi connectivity index (χ1v) is 10.0. The number of carbonyl (C=O) groups is 1. The van der Waals surface area contributed by atoms with Gasteiger partial charge in [-0.05, 0) is 67.5 Å². The van der Waals surface area contributed by atoms with Gasteiger partial charge >= 0.3 is 0 Å². The second kappa shape index (κ2) is 8.78. The van der Waals surface area contributed by atoms with Crippen molar-refractivity contribution in [2.45, 2.75) is 26.2 Å². The molecule has 0 fully saturated rings. The molecule has 2 heterocycles. The van der Waals surface area contributed by atoms with Crippen LogP contribution in [0.25, 0.3) is 10.9 Å². The molecule has 2 aromatic heterocycles. The normalized spacial score (nSPS) is 11.7. The molecule has 4 aromatic rings. The van der Waals surface area contributed by atoms with Crippen LogP contribution in [0.3, 0.4) is 0 Å². The fourth-order valence-electron chi connectivity index (χ4n) is 3.55. The van der Waals surface area contributed by atoms with Crippen LogP contribution in [0.5, 0.6) is 0 Å². The Morgan fingerprint density at radius 2 is 1.87 bits per heavy atom. The summed E-state index contributed by atoms with van der Waals surface area (Å²) in [5, 5.41) is 0.987. The summed E-state index contributed by atoms with van der Waals surface area (Å²) in [5.74, 6) is 0.182. The van der Waals surface area contributed by atoms with Gasteiger partial charge in [-0.15, -0.1) is 0 Å². The van der Waals surface area contributed by atoms with Crippen molar-refractivity contribution in [2.24, 2.45) is 0 Å². The molecule has 0 bridgehead atoms. The molecule has 30 heavy (non-hydrogen) atoms. The maximum Gasteiger partial charge on any atom is 0.251 e. The largest absolute Gasteiger partial charge is 0.461 e. The average Bonchev–Trinajstić information content (AvgIpc) is 3.29. The van der Waals surface area contributed by atoms with Gasteiger partial charge in [0.25, 0.3) is 5.56 Å². The lowest BCUT2D eigenvalue weighted by molar-refractivity contribution is 0.100. The van der Waals surface area contributed by atoms with Crippen molar-refractivity contribution in [3.05, 3.63) is 117 Å². The van der Waals surface area contributed by atoms with Crippen LogP contribution in [-0.4, -0.2) is 10.8 Å². The van der Waals surface area contributed by atoms with Crippen molar-refractivity contribution < 1.29 is 9.21 Å². The third kappa shape index (κ3) is 4.49. The van der Waals surface area contributed by atoms with Crippen LogP contribution in [0.1, 0.15) is 33.7 Å². The van der Waals surface area contributed by atoms with E-state index >= 15 is 0 Å². The molecule has 0 atom stereocenters. The molecule has 2 aromatic carbocycles. The zero-order valence-corrected chi connectivity index (χ0v) is 16.9. The van der Waals surface area contributed by atoms with E-state index in [1.165, 1.54) is 6.26 Å². The number of hydrogen-bond donors (Lipinski definition) is 1. The fraction of sp³-hybridized carbons (Fsp3) is 0.154. The summed E-state index contributed by atoms with van der Waals surface area (Å²) >= 11 is 0. The number of carbonyl (C=O) groups excluding carboxylic acids is 1. The standard InChI is InChI=1S/C26H23NO3/c1-18-9-14-23-22(16-18)17-21(26(29)27-23)13-12-20(25(28)24-8-5-15-30-24)11-10-19-6-3-2-4-7-19/h2-9,12,14-17H,10-11,13H2,1H3,(H,27,29). The molecule has 0 saturated carbocycles. The van der Waals surface area contributed by atoms with Crippen LogP contribution < -0.4 is 5.56 Å². The predicted octanol–water partition coefficient (Wildman–Crippen LogP) is 5.41. The number of aryl methyl sites for hydroxylation is 2. The van der Waals surface area contributed by atoms with Gasteiger partial charge in [-0.25, -0.2) is 0 Å². The van der Waals surface area contributed by atoms with E-state index in [0.717, 1.165) is 28.5 Å². The summed E-state index contributed by atoms with van der Waals surface area (Å²) in [6.45, 7) is 2.02. The molecular formula is C26H23NO3. The molecule has 0 spiro atoms. The lowest BCUT2D eigenvalue weighted by Crippen LogP contribution is -2.12. The molecule has 150 valence electrons. The van der Waals surface area contributed by atoms with Crippen LogP contribution in [0.2, 0.25) is 0 Å². The maximum absolute atomic E-state index is 12.9. The van der Waals surface area contributed by atoms with E-state index in [4.69, 9.17) is 4.42 Å². The van der Waals surface area contributed by atoms with E-state index in [1.54, 1.807) is 12.1 Å². The number of rotatable bonds is 7. The van der Waals surface area contributed by atoms with Gasteiger partial charge < -0.3 is 9.40 Å². The van der Waals surface area contributed by atoms with E-state index in [9.17, 15) is 9.59 Å². The average molecular weight is 397 g/mol. The minimum atomic E-state index is -0.135.